The molecule has 1 fully saturated rings. The van der Waals surface area contributed by atoms with Gasteiger partial charge in [0.15, 0.2) is 0 Å². The van der Waals surface area contributed by atoms with Gasteiger partial charge in [-0.15, -0.1) is 11.3 Å². The minimum absolute atomic E-state index is 0.178. The van der Waals surface area contributed by atoms with Crippen LogP contribution in [-0.4, -0.2) is 9.97 Å². The highest BCUT2D eigenvalue weighted by molar-refractivity contribution is 7.10. The summed E-state index contributed by atoms with van der Waals surface area (Å²) in [7, 11) is 0. The molecule has 0 saturated heterocycles. The van der Waals surface area contributed by atoms with Crippen molar-refractivity contribution >= 4 is 11.3 Å². The highest BCUT2D eigenvalue weighted by atomic mass is 32.1. The SMILES string of the molecule is c1ccc(C2(c3nc(-c4ccncc4)cs3)CC2)cc1. The molecule has 98 valence electrons. The van der Waals surface area contributed by atoms with E-state index in [1.807, 2.05) is 24.5 Å². The van der Waals surface area contributed by atoms with Gasteiger partial charge in [0.2, 0.25) is 0 Å². The van der Waals surface area contributed by atoms with Crippen molar-refractivity contribution in [2.75, 3.05) is 0 Å². The van der Waals surface area contributed by atoms with Crippen molar-refractivity contribution in [2.45, 2.75) is 18.3 Å². The van der Waals surface area contributed by atoms with Crippen molar-refractivity contribution in [1.82, 2.24) is 9.97 Å². The first-order chi connectivity index (χ1) is 9.88. The molecule has 3 heteroatoms. The van der Waals surface area contributed by atoms with Gasteiger partial charge < -0.3 is 0 Å². The highest BCUT2D eigenvalue weighted by Gasteiger charge is 2.48. The van der Waals surface area contributed by atoms with Crippen LogP contribution in [0.1, 0.15) is 23.4 Å². The Bertz CT molecular complexity index is 715. The fourth-order valence-electron chi connectivity index (χ4n) is 2.66. The molecular formula is C17H14N2S. The van der Waals surface area contributed by atoms with Crippen molar-refractivity contribution in [3.8, 4) is 11.3 Å². The van der Waals surface area contributed by atoms with E-state index in [4.69, 9.17) is 4.98 Å². The summed E-state index contributed by atoms with van der Waals surface area (Å²) in [6, 6.07) is 14.8. The van der Waals surface area contributed by atoms with E-state index in [1.165, 1.54) is 23.4 Å². The van der Waals surface area contributed by atoms with Crippen molar-refractivity contribution < 1.29 is 0 Å². The number of hydrogen-bond acceptors (Lipinski definition) is 3. The molecule has 2 nitrogen and oxygen atoms in total. The van der Waals surface area contributed by atoms with E-state index in [0.29, 0.717) is 0 Å². The van der Waals surface area contributed by atoms with E-state index < -0.39 is 0 Å². The predicted molar refractivity (Wildman–Crippen MR) is 81.8 cm³/mol. The number of nitrogens with zero attached hydrogens (tertiary/aromatic N) is 2. The van der Waals surface area contributed by atoms with E-state index in [1.54, 1.807) is 11.3 Å². The Morgan fingerprint density at radius 1 is 0.950 bits per heavy atom. The van der Waals surface area contributed by atoms with Gasteiger partial charge in [0.1, 0.15) is 5.01 Å². The van der Waals surface area contributed by atoms with E-state index in [9.17, 15) is 0 Å². The molecule has 3 aromatic rings. The van der Waals surface area contributed by atoms with Crippen LogP contribution in [-0.2, 0) is 5.41 Å². The van der Waals surface area contributed by atoms with Crippen LogP contribution in [0.4, 0.5) is 0 Å². The Morgan fingerprint density at radius 3 is 2.40 bits per heavy atom. The molecule has 1 aliphatic carbocycles. The maximum atomic E-state index is 4.88. The fraction of sp³-hybridized carbons (Fsp3) is 0.176. The van der Waals surface area contributed by atoms with Gasteiger partial charge in [-0.05, 0) is 30.5 Å². The van der Waals surface area contributed by atoms with Crippen LogP contribution < -0.4 is 0 Å². The lowest BCUT2D eigenvalue weighted by Crippen LogP contribution is -2.07. The lowest BCUT2D eigenvalue weighted by molar-refractivity contribution is 0.834. The van der Waals surface area contributed by atoms with Crippen LogP contribution in [0, 0.1) is 0 Å². The lowest BCUT2D eigenvalue weighted by Gasteiger charge is -2.12. The molecule has 0 aliphatic heterocycles. The number of aromatic nitrogens is 2. The summed E-state index contributed by atoms with van der Waals surface area (Å²) < 4.78 is 0. The second-order valence-corrected chi connectivity index (χ2v) is 6.08. The number of rotatable bonds is 3. The zero-order valence-corrected chi connectivity index (χ0v) is 11.8. The summed E-state index contributed by atoms with van der Waals surface area (Å²) in [5.41, 5.74) is 3.79. The van der Waals surface area contributed by atoms with Crippen molar-refractivity contribution in [2.24, 2.45) is 0 Å². The molecule has 1 aromatic carbocycles. The Morgan fingerprint density at radius 2 is 1.70 bits per heavy atom. The van der Waals surface area contributed by atoms with Crippen molar-refractivity contribution in [1.29, 1.82) is 0 Å². The fourth-order valence-corrected chi connectivity index (χ4v) is 3.77. The van der Waals surface area contributed by atoms with Gasteiger partial charge >= 0.3 is 0 Å². The topological polar surface area (TPSA) is 25.8 Å². The van der Waals surface area contributed by atoms with Gasteiger partial charge in [-0.3, -0.25) is 4.98 Å². The maximum Gasteiger partial charge on any atom is 0.104 e. The van der Waals surface area contributed by atoms with Crippen LogP contribution in [0.3, 0.4) is 0 Å². The van der Waals surface area contributed by atoms with Gasteiger partial charge in [-0.2, -0.15) is 0 Å². The summed E-state index contributed by atoms with van der Waals surface area (Å²) in [6.07, 6.45) is 6.05. The maximum absolute atomic E-state index is 4.88. The Kier molecular flexibility index (Phi) is 2.67. The van der Waals surface area contributed by atoms with Crippen LogP contribution in [0.5, 0.6) is 0 Å². The third kappa shape index (κ3) is 1.86. The number of hydrogen-bond donors (Lipinski definition) is 0. The Hall–Kier alpha value is -2.00. The largest absolute Gasteiger partial charge is 0.265 e. The van der Waals surface area contributed by atoms with Crippen molar-refractivity contribution in [3.05, 3.63) is 70.8 Å². The monoisotopic (exact) mass is 278 g/mol. The molecule has 0 amide bonds. The van der Waals surface area contributed by atoms with Gasteiger partial charge in [0, 0.05) is 28.8 Å². The van der Waals surface area contributed by atoms with E-state index in [-0.39, 0.29) is 5.41 Å². The zero-order valence-electron chi connectivity index (χ0n) is 11.0. The summed E-state index contributed by atoms with van der Waals surface area (Å²) in [6.45, 7) is 0. The third-order valence-electron chi connectivity index (χ3n) is 3.97. The van der Waals surface area contributed by atoms with Crippen LogP contribution >= 0.6 is 11.3 Å². The smallest absolute Gasteiger partial charge is 0.104 e. The molecule has 0 bridgehead atoms. The molecule has 1 aliphatic rings. The number of benzene rings is 1. The number of pyridine rings is 1. The van der Waals surface area contributed by atoms with E-state index >= 15 is 0 Å². The molecule has 0 unspecified atom stereocenters. The standard InChI is InChI=1S/C17H14N2S/c1-2-4-14(5-3-1)17(8-9-17)16-19-15(12-20-16)13-6-10-18-11-7-13/h1-7,10-12H,8-9H2. The molecule has 2 heterocycles. The molecule has 0 N–H and O–H groups in total. The average Bonchev–Trinajstić information content (AvgIpc) is 3.19. The third-order valence-corrected chi connectivity index (χ3v) is 5.01. The minimum Gasteiger partial charge on any atom is -0.265 e. The average molecular weight is 278 g/mol. The van der Waals surface area contributed by atoms with Crippen LogP contribution in [0.15, 0.2) is 60.2 Å². The van der Waals surface area contributed by atoms with Gasteiger partial charge in [0.05, 0.1) is 5.69 Å². The molecule has 0 spiro atoms. The second kappa shape index (κ2) is 4.53. The van der Waals surface area contributed by atoms with Crippen LogP contribution in [0.2, 0.25) is 0 Å². The van der Waals surface area contributed by atoms with Gasteiger partial charge in [0.25, 0.3) is 0 Å². The molecule has 2 aromatic heterocycles. The van der Waals surface area contributed by atoms with Gasteiger partial charge in [-0.25, -0.2) is 4.98 Å². The Labute approximate surface area is 122 Å². The first-order valence-corrected chi connectivity index (χ1v) is 7.68. The normalized spacial score (nSPS) is 16.0. The summed E-state index contributed by atoms with van der Waals surface area (Å²) in [5.74, 6) is 0. The highest BCUT2D eigenvalue weighted by Crippen LogP contribution is 2.54. The van der Waals surface area contributed by atoms with Gasteiger partial charge in [-0.1, -0.05) is 30.3 Å². The minimum atomic E-state index is 0.178. The lowest BCUT2D eigenvalue weighted by atomic mass is 9.97. The quantitative estimate of drug-likeness (QED) is 0.714. The molecule has 1 saturated carbocycles. The first kappa shape index (κ1) is 11.8. The van der Waals surface area contributed by atoms with E-state index in [0.717, 1.165) is 11.3 Å². The first-order valence-electron chi connectivity index (χ1n) is 6.80. The molecule has 20 heavy (non-hydrogen) atoms. The molecule has 0 atom stereocenters. The second-order valence-electron chi connectivity index (χ2n) is 5.22. The summed E-state index contributed by atoms with van der Waals surface area (Å²) in [5, 5.41) is 3.41. The predicted octanol–water partition coefficient (Wildman–Crippen LogP) is 4.29. The van der Waals surface area contributed by atoms with Crippen molar-refractivity contribution in [3.63, 3.8) is 0 Å². The summed E-state index contributed by atoms with van der Waals surface area (Å²) >= 11 is 1.78. The molecule has 0 radical (unpaired) electrons. The number of thiazole rings is 1. The Balaban J connectivity index is 1.73. The zero-order chi connectivity index (χ0) is 13.4. The summed E-state index contributed by atoms with van der Waals surface area (Å²) in [4.78, 5) is 8.94. The van der Waals surface area contributed by atoms with E-state index in [2.05, 4.69) is 40.7 Å². The molecular weight excluding hydrogens is 264 g/mol. The molecule has 4 rings (SSSR count). The van der Waals surface area contributed by atoms with Crippen LogP contribution in [0.25, 0.3) is 11.3 Å².